The van der Waals surface area contributed by atoms with E-state index in [0.29, 0.717) is 34.7 Å². The zero-order chi connectivity index (χ0) is 16.0. The summed E-state index contributed by atoms with van der Waals surface area (Å²) in [7, 11) is -1.00. The largest absolute Gasteiger partial charge is 0.318 e. The Morgan fingerprint density at radius 2 is 2.04 bits per heavy atom. The van der Waals surface area contributed by atoms with Gasteiger partial charge in [0.1, 0.15) is 5.82 Å². The van der Waals surface area contributed by atoms with Gasteiger partial charge in [0.25, 0.3) is 5.91 Å². The van der Waals surface area contributed by atoms with Crippen molar-refractivity contribution in [1.29, 1.82) is 0 Å². The Labute approximate surface area is 136 Å². The molecule has 0 bridgehead atoms. The Bertz CT molecular complexity index is 819. The third-order valence-electron chi connectivity index (χ3n) is 4.01. The molecule has 0 aromatic carbocycles. The summed E-state index contributed by atoms with van der Waals surface area (Å²) in [5.74, 6) is 1.52. The first-order chi connectivity index (χ1) is 11.1. The van der Waals surface area contributed by atoms with Crippen molar-refractivity contribution in [3.05, 3.63) is 41.7 Å². The van der Waals surface area contributed by atoms with Gasteiger partial charge < -0.3 is 10.2 Å². The zero-order valence-corrected chi connectivity index (χ0v) is 13.5. The third-order valence-corrected chi connectivity index (χ3v) is 4.73. The van der Waals surface area contributed by atoms with Gasteiger partial charge in [-0.1, -0.05) is 0 Å². The minimum Gasteiger partial charge on any atom is -0.318 e. The Hall–Kier alpha value is -2.28. The van der Waals surface area contributed by atoms with Crippen LogP contribution in [0.25, 0.3) is 0 Å². The van der Waals surface area contributed by atoms with Crippen molar-refractivity contribution in [2.24, 2.45) is 0 Å². The maximum absolute atomic E-state index is 12.6. The van der Waals surface area contributed by atoms with E-state index in [1.807, 2.05) is 11.0 Å². The molecule has 1 unspecified atom stereocenters. The Balaban J connectivity index is 1.93. The highest BCUT2D eigenvalue weighted by molar-refractivity contribution is 7.83. The SMILES string of the molecule is CS(=O)Cc1ccnc2c1NC(=O)c1cccnc1N2C1CC1. The van der Waals surface area contributed by atoms with Crippen molar-refractivity contribution in [2.75, 3.05) is 16.5 Å². The molecule has 118 valence electrons. The summed E-state index contributed by atoms with van der Waals surface area (Å²) in [4.78, 5) is 23.6. The van der Waals surface area contributed by atoms with Crippen molar-refractivity contribution >= 4 is 34.0 Å². The lowest BCUT2D eigenvalue weighted by atomic mass is 10.2. The highest BCUT2D eigenvalue weighted by Gasteiger charge is 2.38. The Morgan fingerprint density at radius 1 is 1.26 bits per heavy atom. The monoisotopic (exact) mass is 328 g/mol. The second-order valence-corrected chi connectivity index (χ2v) is 7.25. The quantitative estimate of drug-likeness (QED) is 0.935. The summed E-state index contributed by atoms with van der Waals surface area (Å²) in [6.45, 7) is 0. The number of pyridine rings is 2. The normalized spacial score (nSPS) is 17.8. The predicted molar refractivity (Wildman–Crippen MR) is 89.4 cm³/mol. The summed E-state index contributed by atoms with van der Waals surface area (Å²) < 4.78 is 11.7. The molecule has 2 aliphatic rings. The number of carbonyl (C=O) groups excluding carboxylic acids is 1. The highest BCUT2D eigenvalue weighted by atomic mass is 32.2. The van der Waals surface area contributed by atoms with Gasteiger partial charge in [0.15, 0.2) is 5.82 Å². The van der Waals surface area contributed by atoms with Crippen molar-refractivity contribution in [2.45, 2.75) is 24.6 Å². The van der Waals surface area contributed by atoms with Crippen molar-refractivity contribution in [3.8, 4) is 0 Å². The second-order valence-electron chi connectivity index (χ2n) is 5.82. The molecule has 1 atom stereocenters. The van der Waals surface area contributed by atoms with Gasteiger partial charge in [0, 0.05) is 35.5 Å². The van der Waals surface area contributed by atoms with Crippen LogP contribution < -0.4 is 10.2 Å². The Morgan fingerprint density at radius 3 is 2.78 bits per heavy atom. The van der Waals surface area contributed by atoms with E-state index in [-0.39, 0.29) is 5.91 Å². The first-order valence-corrected chi connectivity index (χ1v) is 9.21. The third kappa shape index (κ3) is 2.50. The summed E-state index contributed by atoms with van der Waals surface area (Å²) >= 11 is 0. The number of nitrogens with one attached hydrogen (secondary N) is 1. The average Bonchev–Trinajstić information content (AvgIpc) is 3.35. The summed E-state index contributed by atoms with van der Waals surface area (Å²) in [5, 5.41) is 2.95. The van der Waals surface area contributed by atoms with E-state index in [1.54, 1.807) is 30.8 Å². The van der Waals surface area contributed by atoms with Crippen LogP contribution in [-0.2, 0) is 16.6 Å². The van der Waals surface area contributed by atoms with E-state index in [9.17, 15) is 9.00 Å². The van der Waals surface area contributed by atoms with Crippen molar-refractivity contribution in [3.63, 3.8) is 0 Å². The van der Waals surface area contributed by atoms with E-state index in [1.165, 1.54) is 0 Å². The molecular weight excluding hydrogens is 312 g/mol. The lowest BCUT2D eigenvalue weighted by Crippen LogP contribution is -2.22. The van der Waals surface area contributed by atoms with E-state index in [2.05, 4.69) is 15.3 Å². The predicted octanol–water partition coefficient (Wildman–Crippen LogP) is 2.22. The van der Waals surface area contributed by atoms with Crippen LogP contribution in [0.15, 0.2) is 30.6 Å². The van der Waals surface area contributed by atoms with E-state index in [0.717, 1.165) is 18.4 Å². The minimum absolute atomic E-state index is 0.200. The fourth-order valence-corrected chi connectivity index (χ4v) is 3.55. The average molecular weight is 328 g/mol. The molecule has 3 heterocycles. The zero-order valence-electron chi connectivity index (χ0n) is 12.7. The van der Waals surface area contributed by atoms with E-state index in [4.69, 9.17) is 0 Å². The summed E-state index contributed by atoms with van der Waals surface area (Å²) in [6.07, 6.45) is 7.15. The molecule has 1 saturated carbocycles. The van der Waals surface area contributed by atoms with Crippen LogP contribution in [-0.4, -0.2) is 32.4 Å². The first kappa shape index (κ1) is 14.3. The Kier molecular flexibility index (Phi) is 3.37. The van der Waals surface area contributed by atoms with Crippen LogP contribution >= 0.6 is 0 Å². The molecule has 6 nitrogen and oxygen atoms in total. The first-order valence-electron chi connectivity index (χ1n) is 7.48. The number of nitrogens with zero attached hydrogens (tertiary/aromatic N) is 3. The summed E-state index contributed by atoms with van der Waals surface area (Å²) in [5.41, 5.74) is 2.03. The molecule has 7 heteroatoms. The molecule has 1 aliphatic carbocycles. The second kappa shape index (κ2) is 5.42. The maximum atomic E-state index is 12.6. The van der Waals surface area contributed by atoms with Crippen LogP contribution in [0.4, 0.5) is 17.3 Å². The molecule has 1 aliphatic heterocycles. The smallest absolute Gasteiger partial charge is 0.259 e. The lowest BCUT2D eigenvalue weighted by Gasteiger charge is -2.24. The van der Waals surface area contributed by atoms with Gasteiger partial charge in [0.2, 0.25) is 0 Å². The molecule has 23 heavy (non-hydrogen) atoms. The minimum atomic E-state index is -1.00. The summed E-state index contributed by atoms with van der Waals surface area (Å²) in [6, 6.07) is 5.66. The van der Waals surface area contributed by atoms with E-state index >= 15 is 0 Å². The number of rotatable bonds is 3. The molecule has 2 aromatic rings. The highest BCUT2D eigenvalue weighted by Crippen LogP contribution is 2.43. The molecule has 1 N–H and O–H groups in total. The fourth-order valence-electron chi connectivity index (χ4n) is 2.87. The van der Waals surface area contributed by atoms with E-state index < -0.39 is 10.8 Å². The van der Waals surface area contributed by atoms with Crippen LogP contribution in [0, 0.1) is 0 Å². The number of aromatic nitrogens is 2. The van der Waals surface area contributed by atoms with Crippen LogP contribution in [0.2, 0.25) is 0 Å². The topological polar surface area (TPSA) is 75.2 Å². The molecular formula is C16H16N4O2S. The van der Waals surface area contributed by atoms with Gasteiger partial charge in [-0.2, -0.15) is 0 Å². The molecule has 0 spiro atoms. The number of hydrogen-bond acceptors (Lipinski definition) is 5. The van der Waals surface area contributed by atoms with Gasteiger partial charge in [-0.3, -0.25) is 9.00 Å². The van der Waals surface area contributed by atoms with Gasteiger partial charge >= 0.3 is 0 Å². The van der Waals surface area contributed by atoms with Crippen LogP contribution in [0.3, 0.4) is 0 Å². The van der Waals surface area contributed by atoms with Gasteiger partial charge in [-0.05, 0) is 36.6 Å². The molecule has 0 saturated heterocycles. The fraction of sp³-hybridized carbons (Fsp3) is 0.312. The molecule has 0 radical (unpaired) electrons. The molecule has 2 aromatic heterocycles. The van der Waals surface area contributed by atoms with Gasteiger partial charge in [0.05, 0.1) is 17.0 Å². The van der Waals surface area contributed by atoms with Gasteiger partial charge in [-0.25, -0.2) is 9.97 Å². The maximum Gasteiger partial charge on any atom is 0.259 e. The standard InChI is InChI=1S/C16H16N4O2S/c1-23(22)9-10-6-8-18-15-13(10)19-16(21)12-3-2-7-17-14(12)20(15)11-4-5-11/h2-3,6-8,11H,4-5,9H2,1H3,(H,19,21). The lowest BCUT2D eigenvalue weighted by molar-refractivity contribution is 0.102. The van der Waals surface area contributed by atoms with Crippen LogP contribution in [0.1, 0.15) is 28.8 Å². The number of hydrogen-bond donors (Lipinski definition) is 1. The number of anilines is 3. The van der Waals surface area contributed by atoms with Gasteiger partial charge in [-0.15, -0.1) is 0 Å². The number of carbonyl (C=O) groups is 1. The number of amides is 1. The van der Waals surface area contributed by atoms with Crippen LogP contribution in [0.5, 0.6) is 0 Å². The molecule has 1 fully saturated rings. The molecule has 1 amide bonds. The number of fused-ring (bicyclic) bond motifs is 2. The molecule has 4 rings (SSSR count). The van der Waals surface area contributed by atoms with Crippen molar-refractivity contribution in [1.82, 2.24) is 9.97 Å². The van der Waals surface area contributed by atoms with Crippen molar-refractivity contribution < 1.29 is 9.00 Å².